The number of rotatable bonds is 5. The van der Waals surface area contributed by atoms with Crippen LogP contribution in [0.1, 0.15) is 10.4 Å². The standard InChI is InChI=1S/C17H13Cl2N3O2/c18-12-4-3-5-14(8-12)24-11-22-10-13(9-20-22)21-17(23)15-6-1-2-7-16(15)19/h1-10H,11H2,(H,21,23). The fraction of sp³-hybridized carbons (Fsp3) is 0.0588. The number of benzene rings is 2. The third-order valence-corrected chi connectivity index (χ3v) is 3.73. The van der Waals surface area contributed by atoms with Crippen molar-refractivity contribution >= 4 is 34.8 Å². The molecule has 1 aromatic heterocycles. The molecular formula is C17H13Cl2N3O2. The Morgan fingerprint density at radius 2 is 2.00 bits per heavy atom. The van der Waals surface area contributed by atoms with Crippen LogP contribution in [0, 0.1) is 0 Å². The minimum Gasteiger partial charge on any atom is -0.471 e. The second kappa shape index (κ2) is 7.38. The highest BCUT2D eigenvalue weighted by Crippen LogP contribution is 2.19. The maximum Gasteiger partial charge on any atom is 0.257 e. The third kappa shape index (κ3) is 4.07. The number of nitrogens with one attached hydrogen (secondary N) is 1. The normalized spacial score (nSPS) is 10.4. The Morgan fingerprint density at radius 3 is 2.79 bits per heavy atom. The molecule has 122 valence electrons. The summed E-state index contributed by atoms with van der Waals surface area (Å²) in [5.74, 6) is 0.343. The van der Waals surface area contributed by atoms with Gasteiger partial charge in [-0.1, -0.05) is 41.4 Å². The smallest absolute Gasteiger partial charge is 0.257 e. The number of aromatic nitrogens is 2. The quantitative estimate of drug-likeness (QED) is 0.728. The van der Waals surface area contributed by atoms with Gasteiger partial charge in [0, 0.05) is 5.02 Å². The van der Waals surface area contributed by atoms with Crippen LogP contribution in [0.15, 0.2) is 60.9 Å². The number of hydrogen-bond donors (Lipinski definition) is 1. The molecular weight excluding hydrogens is 349 g/mol. The number of carbonyl (C=O) groups is 1. The largest absolute Gasteiger partial charge is 0.471 e. The number of amides is 1. The summed E-state index contributed by atoms with van der Waals surface area (Å²) < 4.78 is 7.14. The Kier molecular flexibility index (Phi) is 5.03. The van der Waals surface area contributed by atoms with Crippen LogP contribution in [0.25, 0.3) is 0 Å². The molecule has 0 atom stereocenters. The van der Waals surface area contributed by atoms with Crippen LogP contribution in [0.5, 0.6) is 5.75 Å². The third-order valence-electron chi connectivity index (χ3n) is 3.17. The van der Waals surface area contributed by atoms with Gasteiger partial charge in [0.05, 0.1) is 28.7 Å². The van der Waals surface area contributed by atoms with Gasteiger partial charge in [-0.05, 0) is 30.3 Å². The van der Waals surface area contributed by atoms with Gasteiger partial charge in [0.2, 0.25) is 0 Å². The zero-order chi connectivity index (χ0) is 16.9. The lowest BCUT2D eigenvalue weighted by molar-refractivity contribution is 0.102. The molecule has 7 heteroatoms. The number of halogens is 2. The summed E-state index contributed by atoms with van der Waals surface area (Å²) in [7, 11) is 0. The minimum absolute atomic E-state index is 0.197. The molecule has 0 radical (unpaired) electrons. The second-order valence-corrected chi connectivity index (χ2v) is 5.78. The highest BCUT2D eigenvalue weighted by Gasteiger charge is 2.10. The van der Waals surface area contributed by atoms with Gasteiger partial charge >= 0.3 is 0 Å². The zero-order valence-corrected chi connectivity index (χ0v) is 14.0. The molecule has 1 N–H and O–H groups in total. The van der Waals surface area contributed by atoms with Crippen LogP contribution in [-0.2, 0) is 6.73 Å². The van der Waals surface area contributed by atoms with Gasteiger partial charge in [-0.15, -0.1) is 0 Å². The summed E-state index contributed by atoms with van der Waals surface area (Å²) >= 11 is 11.9. The van der Waals surface area contributed by atoms with Crippen molar-refractivity contribution in [3.8, 4) is 5.75 Å². The van der Waals surface area contributed by atoms with E-state index in [1.54, 1.807) is 59.4 Å². The van der Waals surface area contributed by atoms with Crippen molar-refractivity contribution in [3.05, 3.63) is 76.5 Å². The predicted octanol–water partition coefficient (Wildman–Crippen LogP) is 4.48. The van der Waals surface area contributed by atoms with E-state index in [0.29, 0.717) is 27.0 Å². The number of carbonyl (C=O) groups excluding carboxylic acids is 1. The molecule has 24 heavy (non-hydrogen) atoms. The van der Waals surface area contributed by atoms with Crippen molar-refractivity contribution in [2.45, 2.75) is 6.73 Å². The van der Waals surface area contributed by atoms with Crippen LogP contribution < -0.4 is 10.1 Å². The fourth-order valence-electron chi connectivity index (χ4n) is 2.04. The summed E-state index contributed by atoms with van der Waals surface area (Å²) in [6, 6.07) is 13.9. The molecule has 0 unspecified atom stereocenters. The first-order chi connectivity index (χ1) is 11.6. The Bertz CT molecular complexity index is 864. The van der Waals surface area contributed by atoms with E-state index in [-0.39, 0.29) is 12.6 Å². The molecule has 3 rings (SSSR count). The highest BCUT2D eigenvalue weighted by molar-refractivity contribution is 6.34. The lowest BCUT2D eigenvalue weighted by Gasteiger charge is -2.06. The van der Waals surface area contributed by atoms with Crippen LogP contribution in [-0.4, -0.2) is 15.7 Å². The van der Waals surface area contributed by atoms with Gasteiger partial charge in [0.15, 0.2) is 6.73 Å². The molecule has 1 heterocycles. The molecule has 0 aliphatic heterocycles. The Morgan fingerprint density at radius 1 is 1.17 bits per heavy atom. The van der Waals surface area contributed by atoms with Crippen LogP contribution >= 0.6 is 23.2 Å². The monoisotopic (exact) mass is 361 g/mol. The summed E-state index contributed by atoms with van der Waals surface area (Å²) in [6.07, 6.45) is 3.20. The average Bonchev–Trinajstić information content (AvgIpc) is 3.01. The lowest BCUT2D eigenvalue weighted by atomic mass is 10.2. The van der Waals surface area contributed by atoms with E-state index in [4.69, 9.17) is 27.9 Å². The van der Waals surface area contributed by atoms with Crippen molar-refractivity contribution in [1.29, 1.82) is 0 Å². The minimum atomic E-state index is -0.295. The Labute approximate surface area is 148 Å². The SMILES string of the molecule is O=C(Nc1cnn(COc2cccc(Cl)c2)c1)c1ccccc1Cl. The molecule has 1 amide bonds. The molecule has 0 fully saturated rings. The molecule has 0 saturated carbocycles. The highest BCUT2D eigenvalue weighted by atomic mass is 35.5. The van der Waals surface area contributed by atoms with E-state index in [0.717, 1.165) is 0 Å². The maximum absolute atomic E-state index is 12.2. The van der Waals surface area contributed by atoms with Gasteiger partial charge in [0.25, 0.3) is 5.91 Å². The van der Waals surface area contributed by atoms with Crippen LogP contribution in [0.3, 0.4) is 0 Å². The summed E-state index contributed by atoms with van der Waals surface area (Å²) in [5, 5.41) is 7.87. The molecule has 0 spiro atoms. The number of nitrogens with zero attached hydrogens (tertiary/aromatic N) is 2. The van der Waals surface area contributed by atoms with Crippen molar-refractivity contribution in [2.75, 3.05) is 5.32 Å². The van der Waals surface area contributed by atoms with E-state index >= 15 is 0 Å². The first-order valence-electron chi connectivity index (χ1n) is 7.08. The summed E-state index contributed by atoms with van der Waals surface area (Å²) in [4.78, 5) is 12.2. The van der Waals surface area contributed by atoms with Crippen LogP contribution in [0.4, 0.5) is 5.69 Å². The van der Waals surface area contributed by atoms with E-state index in [2.05, 4.69) is 10.4 Å². The Hall–Kier alpha value is -2.50. The number of anilines is 1. The lowest BCUT2D eigenvalue weighted by Crippen LogP contribution is -2.12. The zero-order valence-electron chi connectivity index (χ0n) is 12.4. The fourth-order valence-corrected chi connectivity index (χ4v) is 2.44. The number of ether oxygens (including phenoxy) is 1. The molecule has 2 aromatic carbocycles. The molecule has 0 aliphatic rings. The van der Waals surface area contributed by atoms with Gasteiger partial charge in [0.1, 0.15) is 5.75 Å². The Balaban J connectivity index is 1.61. The van der Waals surface area contributed by atoms with E-state index in [1.807, 2.05) is 0 Å². The van der Waals surface area contributed by atoms with Gasteiger partial charge < -0.3 is 10.1 Å². The maximum atomic E-state index is 12.2. The number of hydrogen-bond acceptors (Lipinski definition) is 3. The molecule has 3 aromatic rings. The van der Waals surface area contributed by atoms with E-state index in [9.17, 15) is 4.79 Å². The van der Waals surface area contributed by atoms with E-state index < -0.39 is 0 Å². The summed E-state index contributed by atoms with van der Waals surface area (Å²) in [5.41, 5.74) is 0.955. The molecule has 5 nitrogen and oxygen atoms in total. The first-order valence-corrected chi connectivity index (χ1v) is 7.84. The second-order valence-electron chi connectivity index (χ2n) is 4.93. The van der Waals surface area contributed by atoms with Gasteiger partial charge in [-0.2, -0.15) is 5.10 Å². The topological polar surface area (TPSA) is 56.2 Å². The molecule has 0 bridgehead atoms. The molecule has 0 aliphatic carbocycles. The average molecular weight is 362 g/mol. The predicted molar refractivity (Wildman–Crippen MR) is 93.7 cm³/mol. The van der Waals surface area contributed by atoms with Crippen molar-refractivity contribution in [3.63, 3.8) is 0 Å². The summed E-state index contributed by atoms with van der Waals surface area (Å²) in [6.45, 7) is 0.197. The van der Waals surface area contributed by atoms with E-state index in [1.165, 1.54) is 6.20 Å². The molecule has 0 saturated heterocycles. The van der Waals surface area contributed by atoms with Crippen molar-refractivity contribution < 1.29 is 9.53 Å². The van der Waals surface area contributed by atoms with Gasteiger partial charge in [-0.3, -0.25) is 4.79 Å². The van der Waals surface area contributed by atoms with Crippen molar-refractivity contribution in [2.24, 2.45) is 0 Å². The van der Waals surface area contributed by atoms with Crippen molar-refractivity contribution in [1.82, 2.24) is 9.78 Å². The first kappa shape index (κ1) is 16.4. The van der Waals surface area contributed by atoms with Crippen LogP contribution in [0.2, 0.25) is 10.0 Å². The van der Waals surface area contributed by atoms with Gasteiger partial charge in [-0.25, -0.2) is 4.68 Å².